The van der Waals surface area contributed by atoms with Gasteiger partial charge in [0.25, 0.3) is 5.91 Å². The Morgan fingerprint density at radius 3 is 2.33 bits per heavy atom. The van der Waals surface area contributed by atoms with Crippen LogP contribution in [0.2, 0.25) is 0 Å². The molecule has 0 saturated heterocycles. The molecule has 0 heterocycles. The Balaban J connectivity index is 1.88. The lowest BCUT2D eigenvalue weighted by Gasteiger charge is -2.15. The second kappa shape index (κ2) is 8.39. The molecule has 0 bridgehead atoms. The van der Waals surface area contributed by atoms with Crippen LogP contribution in [-0.2, 0) is 11.3 Å². The summed E-state index contributed by atoms with van der Waals surface area (Å²) in [5.74, 6) is 1.36. The highest BCUT2D eigenvalue weighted by atomic mass is 16.5. The summed E-state index contributed by atoms with van der Waals surface area (Å²) in [6.07, 6.45) is -0.431. The zero-order valence-corrected chi connectivity index (χ0v) is 14.7. The Morgan fingerprint density at radius 1 is 1.00 bits per heavy atom. The zero-order valence-electron chi connectivity index (χ0n) is 14.7. The number of rotatable bonds is 7. The lowest BCUT2D eigenvalue weighted by atomic mass is 10.2. The highest BCUT2D eigenvalue weighted by Gasteiger charge is 2.14. The Labute approximate surface area is 143 Å². The number of hydrogen-bond acceptors (Lipinski definition) is 3. The molecule has 0 aliphatic carbocycles. The van der Waals surface area contributed by atoms with Crippen LogP contribution in [0, 0.1) is 6.92 Å². The Kier molecular flexibility index (Phi) is 6.24. The van der Waals surface area contributed by atoms with Crippen molar-refractivity contribution in [2.75, 3.05) is 0 Å². The standard InChI is InChI=1S/C20H25NO3/c1-14(2)23-19-10-6-8-17(12-19)13-21-20(22)16(4)24-18-9-5-7-15(3)11-18/h5-12,14,16H,13H2,1-4H3,(H,21,22)/t16-/m1/s1. The fourth-order valence-electron chi connectivity index (χ4n) is 2.28. The van der Waals surface area contributed by atoms with Gasteiger partial charge in [0, 0.05) is 6.54 Å². The van der Waals surface area contributed by atoms with E-state index in [2.05, 4.69) is 5.32 Å². The van der Waals surface area contributed by atoms with Crippen molar-refractivity contribution in [1.29, 1.82) is 0 Å². The summed E-state index contributed by atoms with van der Waals surface area (Å²) >= 11 is 0. The molecule has 0 aliphatic rings. The first kappa shape index (κ1) is 17.9. The Morgan fingerprint density at radius 2 is 1.67 bits per heavy atom. The fourth-order valence-corrected chi connectivity index (χ4v) is 2.28. The minimum absolute atomic E-state index is 0.123. The van der Waals surface area contributed by atoms with E-state index < -0.39 is 6.10 Å². The van der Waals surface area contributed by atoms with Crippen LogP contribution in [0.1, 0.15) is 31.9 Å². The normalized spacial score (nSPS) is 11.9. The minimum Gasteiger partial charge on any atom is -0.491 e. The molecule has 0 unspecified atom stereocenters. The molecule has 1 N–H and O–H groups in total. The highest BCUT2D eigenvalue weighted by Crippen LogP contribution is 2.16. The van der Waals surface area contributed by atoms with Crippen LogP contribution in [0.25, 0.3) is 0 Å². The second-order valence-electron chi connectivity index (χ2n) is 6.11. The summed E-state index contributed by atoms with van der Waals surface area (Å²) < 4.78 is 11.3. The van der Waals surface area contributed by atoms with Gasteiger partial charge in [-0.2, -0.15) is 0 Å². The predicted molar refractivity (Wildman–Crippen MR) is 95.3 cm³/mol. The van der Waals surface area contributed by atoms with E-state index in [1.807, 2.05) is 69.3 Å². The van der Waals surface area contributed by atoms with E-state index in [1.165, 1.54) is 0 Å². The number of amides is 1. The molecule has 0 aliphatic heterocycles. The molecule has 4 nitrogen and oxygen atoms in total. The maximum absolute atomic E-state index is 12.2. The van der Waals surface area contributed by atoms with Gasteiger partial charge in [-0.05, 0) is 63.1 Å². The average Bonchev–Trinajstić information content (AvgIpc) is 2.52. The molecule has 4 heteroatoms. The van der Waals surface area contributed by atoms with Gasteiger partial charge >= 0.3 is 0 Å². The predicted octanol–water partition coefficient (Wildman–Crippen LogP) is 3.87. The number of nitrogens with one attached hydrogen (secondary N) is 1. The minimum atomic E-state index is -0.554. The molecule has 0 aromatic heterocycles. The van der Waals surface area contributed by atoms with E-state index in [0.717, 1.165) is 16.9 Å². The van der Waals surface area contributed by atoms with Gasteiger partial charge in [-0.3, -0.25) is 4.79 Å². The number of carbonyl (C=O) groups is 1. The maximum Gasteiger partial charge on any atom is 0.261 e. The smallest absolute Gasteiger partial charge is 0.261 e. The quantitative estimate of drug-likeness (QED) is 0.840. The molecule has 0 spiro atoms. The fraction of sp³-hybridized carbons (Fsp3) is 0.350. The van der Waals surface area contributed by atoms with Crippen molar-refractivity contribution in [1.82, 2.24) is 5.32 Å². The third-order valence-corrected chi connectivity index (χ3v) is 3.41. The summed E-state index contributed by atoms with van der Waals surface area (Å²) in [6.45, 7) is 8.15. The largest absolute Gasteiger partial charge is 0.491 e. The van der Waals surface area contributed by atoms with Gasteiger partial charge < -0.3 is 14.8 Å². The van der Waals surface area contributed by atoms with E-state index in [-0.39, 0.29) is 12.0 Å². The van der Waals surface area contributed by atoms with Crippen molar-refractivity contribution in [3.63, 3.8) is 0 Å². The van der Waals surface area contributed by atoms with E-state index in [1.54, 1.807) is 6.92 Å². The average molecular weight is 327 g/mol. The van der Waals surface area contributed by atoms with E-state index in [0.29, 0.717) is 12.3 Å². The van der Waals surface area contributed by atoms with Crippen LogP contribution in [-0.4, -0.2) is 18.1 Å². The summed E-state index contributed by atoms with van der Waals surface area (Å²) in [5, 5.41) is 2.89. The van der Waals surface area contributed by atoms with Gasteiger partial charge in [-0.15, -0.1) is 0 Å². The number of carbonyl (C=O) groups excluding carboxylic acids is 1. The van der Waals surface area contributed by atoms with Crippen molar-refractivity contribution >= 4 is 5.91 Å². The van der Waals surface area contributed by atoms with Crippen LogP contribution < -0.4 is 14.8 Å². The highest BCUT2D eigenvalue weighted by molar-refractivity contribution is 5.80. The molecule has 128 valence electrons. The van der Waals surface area contributed by atoms with Crippen molar-refractivity contribution in [3.05, 3.63) is 59.7 Å². The Hall–Kier alpha value is -2.49. The summed E-state index contributed by atoms with van der Waals surface area (Å²) in [7, 11) is 0. The molecule has 0 radical (unpaired) electrons. The number of aryl methyl sites for hydroxylation is 1. The third-order valence-electron chi connectivity index (χ3n) is 3.41. The molecule has 24 heavy (non-hydrogen) atoms. The van der Waals surface area contributed by atoms with Gasteiger partial charge in [-0.1, -0.05) is 24.3 Å². The molecule has 0 saturated carbocycles. The molecule has 2 aromatic carbocycles. The van der Waals surface area contributed by atoms with Crippen molar-refractivity contribution in [2.45, 2.75) is 46.4 Å². The van der Waals surface area contributed by atoms with Gasteiger partial charge in [0.1, 0.15) is 11.5 Å². The number of ether oxygens (including phenoxy) is 2. The second-order valence-corrected chi connectivity index (χ2v) is 6.11. The van der Waals surface area contributed by atoms with Crippen LogP contribution in [0.4, 0.5) is 0 Å². The lowest BCUT2D eigenvalue weighted by molar-refractivity contribution is -0.127. The molecule has 2 aromatic rings. The van der Waals surface area contributed by atoms with Gasteiger partial charge in [0.2, 0.25) is 0 Å². The van der Waals surface area contributed by atoms with Crippen LogP contribution in [0.15, 0.2) is 48.5 Å². The van der Waals surface area contributed by atoms with E-state index in [9.17, 15) is 4.79 Å². The molecule has 2 rings (SSSR count). The Bertz CT molecular complexity index is 682. The molecule has 0 fully saturated rings. The summed E-state index contributed by atoms with van der Waals surface area (Å²) in [6, 6.07) is 15.4. The van der Waals surface area contributed by atoms with Gasteiger partial charge in [-0.25, -0.2) is 0 Å². The van der Waals surface area contributed by atoms with Crippen LogP contribution in [0.5, 0.6) is 11.5 Å². The lowest BCUT2D eigenvalue weighted by Crippen LogP contribution is -2.35. The van der Waals surface area contributed by atoms with Crippen molar-refractivity contribution in [3.8, 4) is 11.5 Å². The van der Waals surface area contributed by atoms with Gasteiger partial charge in [0.15, 0.2) is 6.10 Å². The topological polar surface area (TPSA) is 47.6 Å². The number of hydrogen-bond donors (Lipinski definition) is 1. The van der Waals surface area contributed by atoms with Crippen molar-refractivity contribution < 1.29 is 14.3 Å². The maximum atomic E-state index is 12.2. The molecular weight excluding hydrogens is 302 g/mol. The van der Waals surface area contributed by atoms with Crippen LogP contribution in [0.3, 0.4) is 0 Å². The summed E-state index contributed by atoms with van der Waals surface area (Å²) in [4.78, 5) is 12.2. The van der Waals surface area contributed by atoms with E-state index >= 15 is 0 Å². The van der Waals surface area contributed by atoms with Gasteiger partial charge in [0.05, 0.1) is 6.10 Å². The molecular formula is C20H25NO3. The summed E-state index contributed by atoms with van der Waals surface area (Å²) in [5.41, 5.74) is 2.09. The third kappa shape index (κ3) is 5.61. The molecule has 1 amide bonds. The monoisotopic (exact) mass is 327 g/mol. The van der Waals surface area contributed by atoms with Crippen LogP contribution >= 0.6 is 0 Å². The first-order valence-corrected chi connectivity index (χ1v) is 8.20. The first-order chi connectivity index (χ1) is 11.4. The first-order valence-electron chi connectivity index (χ1n) is 8.20. The molecule has 1 atom stereocenters. The SMILES string of the molecule is Cc1cccc(O[C@H](C)C(=O)NCc2cccc(OC(C)C)c2)c1. The van der Waals surface area contributed by atoms with E-state index in [4.69, 9.17) is 9.47 Å². The number of benzene rings is 2. The van der Waals surface area contributed by atoms with Crippen molar-refractivity contribution in [2.24, 2.45) is 0 Å². The zero-order chi connectivity index (χ0) is 17.5.